The molecule has 158 valence electrons. The van der Waals surface area contributed by atoms with Crippen molar-refractivity contribution in [2.75, 3.05) is 63.8 Å². The number of pyridine rings is 1. The number of carbonyl (C=O) groups is 1. The maximum Gasteiger partial charge on any atom is 0.223 e. The Kier molecular flexibility index (Phi) is 6.94. The lowest BCUT2D eigenvalue weighted by molar-refractivity contribution is -0.125. The topological polar surface area (TPSA) is 64.6 Å². The number of carbonyl (C=O) groups excluding carboxylic acids is 1. The fraction of sp³-hybridized carbons (Fsp3) is 0.667. The molecular weight excluding hydrogens is 384 g/mol. The van der Waals surface area contributed by atoms with Crippen LogP contribution in [0.3, 0.4) is 0 Å². The summed E-state index contributed by atoms with van der Waals surface area (Å²) < 4.78 is 0. The largest absolute Gasteiger partial charge is 0.356 e. The summed E-state index contributed by atoms with van der Waals surface area (Å²) in [5.41, 5.74) is 0.962. The number of likely N-dealkylation sites (N-methyl/N-ethyl adjacent to an activating group) is 1. The smallest absolute Gasteiger partial charge is 0.223 e. The summed E-state index contributed by atoms with van der Waals surface area (Å²) in [6, 6.07) is 3.93. The first-order chi connectivity index (χ1) is 14.2. The van der Waals surface area contributed by atoms with Crippen molar-refractivity contribution in [1.29, 1.82) is 0 Å². The Bertz CT molecular complexity index is 762. The number of piperazine rings is 1. The molecule has 0 spiro atoms. The third-order valence-corrected chi connectivity index (χ3v) is 7.19. The average Bonchev–Trinajstić information content (AvgIpc) is 3.21. The highest BCUT2D eigenvalue weighted by atomic mass is 32.1. The Labute approximate surface area is 177 Å². The molecule has 1 N–H and O–H groups in total. The van der Waals surface area contributed by atoms with Gasteiger partial charge in [0.25, 0.3) is 0 Å². The molecular formula is C21H32N6OS. The number of fused-ring (bicyclic) bond motifs is 1. The van der Waals surface area contributed by atoms with Gasteiger partial charge in [-0.3, -0.25) is 4.79 Å². The SMILES string of the molecule is CCN1CCN(CCCNC(=O)C2CCN(c3nc4cccnc4s3)CC2)CC1. The minimum atomic E-state index is 0.131. The van der Waals surface area contributed by atoms with Crippen LogP contribution in [0, 0.1) is 5.92 Å². The number of rotatable bonds is 7. The van der Waals surface area contributed by atoms with Gasteiger partial charge in [-0.05, 0) is 44.5 Å². The maximum atomic E-state index is 12.5. The molecule has 2 fully saturated rings. The van der Waals surface area contributed by atoms with E-state index in [1.165, 1.54) is 13.1 Å². The molecule has 0 unspecified atom stereocenters. The summed E-state index contributed by atoms with van der Waals surface area (Å²) in [6.45, 7) is 11.7. The minimum absolute atomic E-state index is 0.131. The van der Waals surface area contributed by atoms with Gasteiger partial charge in [0.15, 0.2) is 5.13 Å². The monoisotopic (exact) mass is 416 g/mol. The fourth-order valence-electron chi connectivity index (χ4n) is 4.21. The van der Waals surface area contributed by atoms with Crippen LogP contribution in [0.25, 0.3) is 10.3 Å². The third-order valence-electron chi connectivity index (χ3n) is 6.15. The van der Waals surface area contributed by atoms with Gasteiger partial charge in [-0.2, -0.15) is 0 Å². The lowest BCUT2D eigenvalue weighted by atomic mass is 9.96. The van der Waals surface area contributed by atoms with Crippen LogP contribution in [0.4, 0.5) is 5.13 Å². The summed E-state index contributed by atoms with van der Waals surface area (Å²) in [4.78, 5) is 29.9. The maximum absolute atomic E-state index is 12.5. The number of hydrogen-bond donors (Lipinski definition) is 1. The Morgan fingerprint density at radius 3 is 2.66 bits per heavy atom. The molecule has 4 heterocycles. The summed E-state index contributed by atoms with van der Waals surface area (Å²) >= 11 is 1.64. The molecule has 2 aliphatic rings. The van der Waals surface area contributed by atoms with Crippen molar-refractivity contribution < 1.29 is 4.79 Å². The number of hydrogen-bond acceptors (Lipinski definition) is 7. The first-order valence-electron chi connectivity index (χ1n) is 10.9. The zero-order chi connectivity index (χ0) is 20.1. The van der Waals surface area contributed by atoms with E-state index in [1.807, 2.05) is 18.3 Å². The molecule has 2 aliphatic heterocycles. The fourth-order valence-corrected chi connectivity index (χ4v) is 5.17. The summed E-state index contributed by atoms with van der Waals surface area (Å²) in [5.74, 6) is 0.360. The molecule has 0 radical (unpaired) electrons. The van der Waals surface area contributed by atoms with Crippen molar-refractivity contribution in [3.05, 3.63) is 18.3 Å². The van der Waals surface area contributed by atoms with E-state index in [-0.39, 0.29) is 11.8 Å². The molecule has 0 aromatic carbocycles. The summed E-state index contributed by atoms with van der Waals surface area (Å²) in [5, 5.41) is 4.20. The van der Waals surface area contributed by atoms with Crippen LogP contribution in [0.2, 0.25) is 0 Å². The number of nitrogens with one attached hydrogen (secondary N) is 1. The van der Waals surface area contributed by atoms with Crippen molar-refractivity contribution in [2.24, 2.45) is 5.92 Å². The van der Waals surface area contributed by atoms with Crippen LogP contribution in [-0.4, -0.2) is 84.6 Å². The number of nitrogens with zero attached hydrogens (tertiary/aromatic N) is 5. The van der Waals surface area contributed by atoms with Gasteiger partial charge in [-0.1, -0.05) is 18.3 Å². The highest BCUT2D eigenvalue weighted by Crippen LogP contribution is 2.30. The third kappa shape index (κ3) is 5.24. The van der Waals surface area contributed by atoms with Crippen LogP contribution in [0.1, 0.15) is 26.2 Å². The van der Waals surface area contributed by atoms with E-state index in [0.29, 0.717) is 0 Å². The Morgan fingerprint density at radius 1 is 1.17 bits per heavy atom. The first-order valence-corrected chi connectivity index (χ1v) is 11.7. The van der Waals surface area contributed by atoms with Crippen molar-refractivity contribution >= 4 is 32.7 Å². The van der Waals surface area contributed by atoms with Gasteiger partial charge in [0.1, 0.15) is 10.3 Å². The van der Waals surface area contributed by atoms with Gasteiger partial charge in [0.05, 0.1) is 0 Å². The van der Waals surface area contributed by atoms with E-state index in [0.717, 1.165) is 80.6 Å². The van der Waals surface area contributed by atoms with Crippen LogP contribution in [-0.2, 0) is 4.79 Å². The van der Waals surface area contributed by atoms with E-state index in [1.54, 1.807) is 11.3 Å². The standard InChI is InChI=1S/C21H32N6OS/c1-2-25-13-15-26(16-14-25)10-4-9-22-19(28)17-6-11-27(12-7-17)21-24-18-5-3-8-23-20(18)29-21/h3,5,8,17H,2,4,6-7,9-16H2,1H3,(H,22,28). The number of piperidine rings is 1. The lowest BCUT2D eigenvalue weighted by Gasteiger charge is -2.34. The normalized spacial score (nSPS) is 19.7. The average molecular weight is 417 g/mol. The zero-order valence-corrected chi connectivity index (χ0v) is 18.2. The first kappa shape index (κ1) is 20.5. The zero-order valence-electron chi connectivity index (χ0n) is 17.3. The minimum Gasteiger partial charge on any atom is -0.356 e. The molecule has 0 atom stereocenters. The van der Waals surface area contributed by atoms with Crippen LogP contribution < -0.4 is 10.2 Å². The molecule has 0 bridgehead atoms. The second kappa shape index (κ2) is 9.82. The Morgan fingerprint density at radius 2 is 1.93 bits per heavy atom. The second-order valence-corrected chi connectivity index (χ2v) is 8.96. The van der Waals surface area contributed by atoms with Gasteiger partial charge in [0.2, 0.25) is 5.91 Å². The summed E-state index contributed by atoms with van der Waals surface area (Å²) in [6.07, 6.45) is 4.64. The molecule has 7 nitrogen and oxygen atoms in total. The van der Waals surface area contributed by atoms with Crippen molar-refractivity contribution in [3.8, 4) is 0 Å². The molecule has 2 aromatic heterocycles. The number of anilines is 1. The van der Waals surface area contributed by atoms with Crippen molar-refractivity contribution in [3.63, 3.8) is 0 Å². The Hall–Kier alpha value is -1.77. The molecule has 2 saturated heterocycles. The highest BCUT2D eigenvalue weighted by molar-refractivity contribution is 7.21. The molecule has 1 amide bonds. The Balaban J connectivity index is 1.15. The van der Waals surface area contributed by atoms with Crippen LogP contribution in [0.5, 0.6) is 0 Å². The number of amides is 1. The molecule has 2 aromatic rings. The van der Waals surface area contributed by atoms with Gasteiger partial charge in [-0.25, -0.2) is 9.97 Å². The van der Waals surface area contributed by atoms with E-state index >= 15 is 0 Å². The number of thiazole rings is 1. The van der Waals surface area contributed by atoms with Crippen molar-refractivity contribution in [2.45, 2.75) is 26.2 Å². The quantitative estimate of drug-likeness (QED) is 0.697. The van der Waals surface area contributed by atoms with Gasteiger partial charge < -0.3 is 20.0 Å². The van der Waals surface area contributed by atoms with Crippen molar-refractivity contribution in [1.82, 2.24) is 25.1 Å². The second-order valence-electron chi connectivity index (χ2n) is 8.01. The molecule has 29 heavy (non-hydrogen) atoms. The van der Waals surface area contributed by atoms with Crippen LogP contribution >= 0.6 is 11.3 Å². The van der Waals surface area contributed by atoms with Gasteiger partial charge in [-0.15, -0.1) is 0 Å². The van der Waals surface area contributed by atoms with E-state index < -0.39 is 0 Å². The predicted octanol–water partition coefficient (Wildman–Crippen LogP) is 2.05. The van der Waals surface area contributed by atoms with Gasteiger partial charge in [0, 0.05) is 57.9 Å². The van der Waals surface area contributed by atoms with Gasteiger partial charge >= 0.3 is 0 Å². The molecule has 8 heteroatoms. The molecule has 4 rings (SSSR count). The number of aromatic nitrogens is 2. The van der Waals surface area contributed by atoms with Crippen LogP contribution in [0.15, 0.2) is 18.3 Å². The summed E-state index contributed by atoms with van der Waals surface area (Å²) in [7, 11) is 0. The molecule has 0 saturated carbocycles. The van der Waals surface area contributed by atoms with E-state index in [2.05, 4.69) is 31.9 Å². The van der Waals surface area contributed by atoms with E-state index in [9.17, 15) is 4.79 Å². The molecule has 0 aliphatic carbocycles. The lowest BCUT2D eigenvalue weighted by Crippen LogP contribution is -2.46. The van der Waals surface area contributed by atoms with E-state index in [4.69, 9.17) is 4.98 Å². The highest BCUT2D eigenvalue weighted by Gasteiger charge is 2.26. The predicted molar refractivity (Wildman–Crippen MR) is 119 cm³/mol.